The molecule has 3 rings (SSSR count). The molecule has 5 heteroatoms. The minimum atomic E-state index is -0.112. The molecular weight excluding hydrogens is 340 g/mol. The van der Waals surface area contributed by atoms with Gasteiger partial charge in [0.15, 0.2) is 6.10 Å². The van der Waals surface area contributed by atoms with E-state index in [0.717, 1.165) is 16.8 Å². The molecule has 2 aromatic carbocycles. The maximum absolute atomic E-state index is 12.4. The van der Waals surface area contributed by atoms with Gasteiger partial charge in [-0.05, 0) is 25.0 Å². The lowest BCUT2D eigenvalue weighted by atomic mass is 10.0. The summed E-state index contributed by atoms with van der Waals surface area (Å²) >= 11 is 0. The number of amides is 1. The van der Waals surface area contributed by atoms with Gasteiger partial charge in [-0.15, -0.1) is 0 Å². The third kappa shape index (κ3) is 5.41. The van der Waals surface area contributed by atoms with Gasteiger partial charge >= 0.3 is 0 Å². The molecule has 142 valence electrons. The Labute approximate surface area is 160 Å². The van der Waals surface area contributed by atoms with Crippen molar-refractivity contribution in [2.24, 2.45) is 5.16 Å². The van der Waals surface area contributed by atoms with E-state index >= 15 is 0 Å². The molecule has 2 aromatic rings. The molecule has 1 atom stereocenters. The van der Waals surface area contributed by atoms with Gasteiger partial charge < -0.3 is 14.5 Å². The van der Waals surface area contributed by atoms with Gasteiger partial charge in [0, 0.05) is 13.0 Å². The summed E-state index contributed by atoms with van der Waals surface area (Å²) in [5.74, 6) is -0.0270. The third-order valence-electron chi connectivity index (χ3n) is 4.61. The molecule has 1 aliphatic rings. The van der Waals surface area contributed by atoms with Gasteiger partial charge in [0.05, 0.1) is 18.9 Å². The lowest BCUT2D eigenvalue weighted by molar-refractivity contribution is -0.138. The molecule has 5 nitrogen and oxygen atoms in total. The highest BCUT2D eigenvalue weighted by molar-refractivity contribution is 6.01. The second-order valence-corrected chi connectivity index (χ2v) is 6.75. The van der Waals surface area contributed by atoms with E-state index in [2.05, 4.69) is 36.3 Å². The zero-order valence-electron chi connectivity index (χ0n) is 15.9. The van der Waals surface area contributed by atoms with E-state index in [1.54, 1.807) is 4.90 Å². The number of ether oxygens (including phenoxy) is 1. The molecule has 1 amide bonds. The second kappa shape index (κ2) is 9.33. The number of carbonyl (C=O) groups is 1. The largest absolute Gasteiger partial charge is 0.390 e. The molecule has 1 aliphatic heterocycles. The maximum Gasteiger partial charge on any atom is 0.248 e. The predicted molar refractivity (Wildman–Crippen MR) is 106 cm³/mol. The van der Waals surface area contributed by atoms with Crippen molar-refractivity contribution in [2.45, 2.75) is 33.0 Å². The molecule has 0 aromatic heterocycles. The fraction of sp³-hybridized carbons (Fsp3) is 0.364. The van der Waals surface area contributed by atoms with Crippen LogP contribution in [0.5, 0.6) is 0 Å². The van der Waals surface area contributed by atoms with Crippen LogP contribution >= 0.6 is 0 Å². The SMILES string of the molecule is CCN(CC1CC(c2ccc(C)cc2)=NO1)C(=O)COCc1ccccc1. The normalized spacial score (nSPS) is 15.9. The van der Waals surface area contributed by atoms with Crippen LogP contribution in [0.2, 0.25) is 0 Å². The molecule has 27 heavy (non-hydrogen) atoms. The lowest BCUT2D eigenvalue weighted by Crippen LogP contribution is -2.39. The van der Waals surface area contributed by atoms with E-state index in [4.69, 9.17) is 9.57 Å². The van der Waals surface area contributed by atoms with Crippen molar-refractivity contribution >= 4 is 11.6 Å². The topological polar surface area (TPSA) is 51.1 Å². The van der Waals surface area contributed by atoms with Crippen molar-refractivity contribution in [1.29, 1.82) is 0 Å². The molecule has 1 unspecified atom stereocenters. The number of hydrogen-bond acceptors (Lipinski definition) is 4. The van der Waals surface area contributed by atoms with Crippen molar-refractivity contribution in [3.05, 3.63) is 71.3 Å². The van der Waals surface area contributed by atoms with Crippen molar-refractivity contribution in [2.75, 3.05) is 19.7 Å². The number of nitrogens with zero attached hydrogens (tertiary/aromatic N) is 2. The van der Waals surface area contributed by atoms with Gasteiger partial charge in [-0.3, -0.25) is 4.79 Å². The van der Waals surface area contributed by atoms with Crippen molar-refractivity contribution < 1.29 is 14.4 Å². The molecule has 0 radical (unpaired) electrons. The highest BCUT2D eigenvalue weighted by Gasteiger charge is 2.26. The lowest BCUT2D eigenvalue weighted by Gasteiger charge is -2.23. The van der Waals surface area contributed by atoms with Crippen LogP contribution in [0.25, 0.3) is 0 Å². The average Bonchev–Trinajstić information content (AvgIpc) is 3.16. The summed E-state index contributed by atoms with van der Waals surface area (Å²) in [7, 11) is 0. The van der Waals surface area contributed by atoms with Crippen LogP contribution in [0.3, 0.4) is 0 Å². The van der Waals surface area contributed by atoms with Crippen LogP contribution in [0, 0.1) is 6.92 Å². The monoisotopic (exact) mass is 366 g/mol. The number of oxime groups is 1. The van der Waals surface area contributed by atoms with Gasteiger partial charge in [0.2, 0.25) is 5.91 Å². The Kier molecular flexibility index (Phi) is 6.60. The Morgan fingerprint density at radius 1 is 1.19 bits per heavy atom. The summed E-state index contributed by atoms with van der Waals surface area (Å²) in [6.07, 6.45) is 0.594. The van der Waals surface area contributed by atoms with Crippen molar-refractivity contribution in [1.82, 2.24) is 4.90 Å². The van der Waals surface area contributed by atoms with Gasteiger partial charge in [0.1, 0.15) is 6.61 Å². The van der Waals surface area contributed by atoms with E-state index < -0.39 is 0 Å². The molecule has 0 bridgehead atoms. The molecule has 1 heterocycles. The van der Waals surface area contributed by atoms with E-state index in [0.29, 0.717) is 26.1 Å². The Morgan fingerprint density at radius 2 is 1.93 bits per heavy atom. The minimum Gasteiger partial charge on any atom is -0.390 e. The van der Waals surface area contributed by atoms with E-state index in [9.17, 15) is 4.79 Å². The summed E-state index contributed by atoms with van der Waals surface area (Å²) in [6, 6.07) is 18.1. The van der Waals surface area contributed by atoms with E-state index in [1.165, 1.54) is 5.56 Å². The average molecular weight is 366 g/mol. The molecule has 0 N–H and O–H groups in total. The fourth-order valence-electron chi connectivity index (χ4n) is 3.02. The fourth-order valence-corrected chi connectivity index (χ4v) is 3.02. The summed E-state index contributed by atoms with van der Waals surface area (Å²) in [5, 5.41) is 4.21. The second-order valence-electron chi connectivity index (χ2n) is 6.75. The standard InChI is InChI=1S/C22H26N2O3/c1-3-24(22(25)16-26-15-18-7-5-4-6-8-18)14-20-13-21(23-27-20)19-11-9-17(2)10-12-19/h4-12,20H,3,13-16H2,1-2H3. The van der Waals surface area contributed by atoms with E-state index in [-0.39, 0.29) is 18.6 Å². The number of benzene rings is 2. The number of aryl methyl sites for hydroxylation is 1. The molecule has 0 fully saturated rings. The number of hydrogen-bond donors (Lipinski definition) is 0. The number of carbonyl (C=O) groups excluding carboxylic acids is 1. The number of rotatable bonds is 8. The zero-order valence-corrected chi connectivity index (χ0v) is 15.9. The predicted octanol–water partition coefficient (Wildman–Crippen LogP) is 3.55. The number of likely N-dealkylation sites (N-methyl/N-ethyl adjacent to an activating group) is 1. The molecule has 0 saturated carbocycles. The summed E-state index contributed by atoms with van der Waals surface area (Å²) in [5.41, 5.74) is 4.28. The van der Waals surface area contributed by atoms with Crippen LogP contribution in [-0.4, -0.2) is 42.3 Å². The van der Waals surface area contributed by atoms with Crippen LogP contribution in [0.1, 0.15) is 30.0 Å². The van der Waals surface area contributed by atoms with Gasteiger partial charge in [-0.1, -0.05) is 65.3 Å². The molecule has 0 spiro atoms. The summed E-state index contributed by atoms with van der Waals surface area (Å²) in [4.78, 5) is 19.8. The Morgan fingerprint density at radius 3 is 2.63 bits per heavy atom. The first-order valence-corrected chi connectivity index (χ1v) is 9.35. The Bertz CT molecular complexity index is 772. The smallest absolute Gasteiger partial charge is 0.248 e. The first-order valence-electron chi connectivity index (χ1n) is 9.35. The minimum absolute atomic E-state index is 0.0270. The van der Waals surface area contributed by atoms with Crippen LogP contribution in [0.4, 0.5) is 0 Å². The van der Waals surface area contributed by atoms with Crippen LogP contribution in [0.15, 0.2) is 59.8 Å². The Balaban J connectivity index is 1.46. The maximum atomic E-state index is 12.4. The molecule has 0 aliphatic carbocycles. The van der Waals surface area contributed by atoms with Crippen molar-refractivity contribution in [3.63, 3.8) is 0 Å². The highest BCUT2D eigenvalue weighted by atomic mass is 16.6. The Hall–Kier alpha value is -2.66. The third-order valence-corrected chi connectivity index (χ3v) is 4.61. The first kappa shape index (κ1) is 19.1. The first-order chi connectivity index (χ1) is 13.2. The van der Waals surface area contributed by atoms with Gasteiger partial charge in [-0.2, -0.15) is 0 Å². The summed E-state index contributed by atoms with van der Waals surface area (Å²) in [6.45, 7) is 5.66. The molecule has 0 saturated heterocycles. The molecular formula is C22H26N2O3. The van der Waals surface area contributed by atoms with Crippen molar-refractivity contribution in [3.8, 4) is 0 Å². The van der Waals surface area contributed by atoms with Gasteiger partial charge in [-0.25, -0.2) is 0 Å². The summed E-state index contributed by atoms with van der Waals surface area (Å²) < 4.78 is 5.57. The highest BCUT2D eigenvalue weighted by Crippen LogP contribution is 2.18. The quantitative estimate of drug-likeness (QED) is 0.718. The van der Waals surface area contributed by atoms with Crippen LogP contribution in [-0.2, 0) is 21.0 Å². The van der Waals surface area contributed by atoms with E-state index in [1.807, 2.05) is 37.3 Å². The van der Waals surface area contributed by atoms with Crippen LogP contribution < -0.4 is 0 Å². The zero-order chi connectivity index (χ0) is 19.1. The van der Waals surface area contributed by atoms with Gasteiger partial charge in [0.25, 0.3) is 0 Å².